The van der Waals surface area contributed by atoms with Gasteiger partial charge in [0.2, 0.25) is 6.34 Å². The Morgan fingerprint density at radius 1 is 0.800 bits per heavy atom. The Bertz CT molecular complexity index is 698. The molecule has 0 bridgehead atoms. The second-order valence-corrected chi connectivity index (χ2v) is 12.8. The molecule has 2 nitrogen and oxygen atoms in total. The average Bonchev–Trinajstić information content (AvgIpc) is 2.59. The molecular formula is C21H28NOPS. The van der Waals surface area contributed by atoms with Gasteiger partial charge in [-0.25, -0.2) is 4.31 Å². The normalized spacial score (nSPS) is 20.3. The highest BCUT2D eigenvalue weighted by molar-refractivity contribution is 8.61. The maximum Gasteiger partial charge on any atom is 0.209 e. The number of nitrogens with zero attached hydrogens (tertiary/aromatic N) is 1. The molecule has 1 heterocycles. The van der Waals surface area contributed by atoms with Crippen molar-refractivity contribution in [2.24, 2.45) is 0 Å². The maximum absolute atomic E-state index is 14.4. The smallest absolute Gasteiger partial charge is 0.209 e. The predicted molar refractivity (Wildman–Crippen MR) is 111 cm³/mol. The van der Waals surface area contributed by atoms with Crippen LogP contribution in [-0.2, 0) is 4.57 Å². The number of hydrogen-bond acceptors (Lipinski definition) is 3. The Morgan fingerprint density at radius 2 is 1.20 bits per heavy atom. The molecular weight excluding hydrogens is 345 g/mol. The molecule has 4 heteroatoms. The second-order valence-electron chi connectivity index (χ2n) is 8.08. The molecule has 1 saturated heterocycles. The van der Waals surface area contributed by atoms with Crippen LogP contribution in [0.1, 0.15) is 47.0 Å². The summed E-state index contributed by atoms with van der Waals surface area (Å²) in [5, 5.41) is 1.84. The van der Waals surface area contributed by atoms with Crippen LogP contribution >= 0.6 is 17.9 Å². The second kappa shape index (κ2) is 6.95. The van der Waals surface area contributed by atoms with E-state index in [1.54, 1.807) is 11.6 Å². The van der Waals surface area contributed by atoms with E-state index in [1.807, 2.05) is 60.7 Å². The van der Waals surface area contributed by atoms with E-state index >= 15 is 0 Å². The molecule has 1 aliphatic heterocycles. The SMILES string of the molecule is CC1(C)CCCC(C)(C)N1SP(=O)(c1ccccc1)c1ccccc1. The molecule has 1 fully saturated rings. The van der Waals surface area contributed by atoms with Crippen LogP contribution in [0.4, 0.5) is 0 Å². The number of rotatable bonds is 4. The maximum atomic E-state index is 14.4. The highest BCUT2D eigenvalue weighted by Crippen LogP contribution is 2.62. The minimum atomic E-state index is -2.81. The molecule has 0 radical (unpaired) electrons. The van der Waals surface area contributed by atoms with Crippen molar-refractivity contribution in [1.82, 2.24) is 4.31 Å². The van der Waals surface area contributed by atoms with Crippen LogP contribution in [-0.4, -0.2) is 15.4 Å². The van der Waals surface area contributed by atoms with Gasteiger partial charge in [-0.1, -0.05) is 60.7 Å². The fraction of sp³-hybridized carbons (Fsp3) is 0.429. The lowest BCUT2D eigenvalue weighted by atomic mass is 9.83. The van der Waals surface area contributed by atoms with Gasteiger partial charge in [-0.2, -0.15) is 0 Å². The molecule has 0 atom stereocenters. The van der Waals surface area contributed by atoms with Gasteiger partial charge >= 0.3 is 0 Å². The Hall–Kier alpha value is -1.02. The first-order valence-electron chi connectivity index (χ1n) is 8.97. The average molecular weight is 374 g/mol. The summed E-state index contributed by atoms with van der Waals surface area (Å²) in [6, 6.07) is 19.9. The van der Waals surface area contributed by atoms with Crippen molar-refractivity contribution in [3.05, 3.63) is 60.7 Å². The number of benzene rings is 2. The third-order valence-electron chi connectivity index (χ3n) is 5.07. The van der Waals surface area contributed by atoms with E-state index in [4.69, 9.17) is 0 Å². The van der Waals surface area contributed by atoms with E-state index in [9.17, 15) is 4.57 Å². The summed E-state index contributed by atoms with van der Waals surface area (Å²) >= 11 is 1.58. The Balaban J connectivity index is 2.09. The van der Waals surface area contributed by atoms with Crippen molar-refractivity contribution >= 4 is 28.5 Å². The van der Waals surface area contributed by atoms with Crippen molar-refractivity contribution in [1.29, 1.82) is 0 Å². The molecule has 3 rings (SSSR count). The zero-order valence-corrected chi connectivity index (χ0v) is 17.3. The van der Waals surface area contributed by atoms with Gasteiger partial charge in [0.25, 0.3) is 0 Å². The van der Waals surface area contributed by atoms with Crippen LogP contribution in [0, 0.1) is 0 Å². The molecule has 2 aromatic rings. The minimum absolute atomic E-state index is 0.0195. The van der Waals surface area contributed by atoms with E-state index in [1.165, 1.54) is 6.42 Å². The first-order chi connectivity index (χ1) is 11.8. The van der Waals surface area contributed by atoms with Gasteiger partial charge in [0.05, 0.1) is 0 Å². The molecule has 0 amide bonds. The predicted octanol–water partition coefficient (Wildman–Crippen LogP) is 5.61. The molecule has 0 saturated carbocycles. The van der Waals surface area contributed by atoms with Gasteiger partial charge in [0.1, 0.15) is 0 Å². The summed E-state index contributed by atoms with van der Waals surface area (Å²) in [7, 11) is 0. The van der Waals surface area contributed by atoms with Gasteiger partial charge in [0.15, 0.2) is 0 Å². The van der Waals surface area contributed by atoms with Crippen LogP contribution in [0.15, 0.2) is 60.7 Å². The van der Waals surface area contributed by atoms with Crippen molar-refractivity contribution < 1.29 is 4.57 Å². The summed E-state index contributed by atoms with van der Waals surface area (Å²) in [5.41, 5.74) is 0.0390. The van der Waals surface area contributed by atoms with Crippen LogP contribution in [0.3, 0.4) is 0 Å². The van der Waals surface area contributed by atoms with E-state index in [0.717, 1.165) is 23.5 Å². The highest BCUT2D eigenvalue weighted by atomic mass is 32.7. The van der Waals surface area contributed by atoms with Crippen molar-refractivity contribution in [3.63, 3.8) is 0 Å². The lowest BCUT2D eigenvalue weighted by Crippen LogP contribution is -2.54. The topological polar surface area (TPSA) is 20.3 Å². The van der Waals surface area contributed by atoms with E-state index in [2.05, 4.69) is 32.0 Å². The lowest BCUT2D eigenvalue weighted by Gasteiger charge is -2.52. The Kier molecular flexibility index (Phi) is 5.21. The van der Waals surface area contributed by atoms with Crippen LogP contribution < -0.4 is 10.6 Å². The molecule has 0 spiro atoms. The molecule has 0 N–H and O–H groups in total. The summed E-state index contributed by atoms with van der Waals surface area (Å²) in [4.78, 5) is 0. The quantitative estimate of drug-likeness (QED) is 0.513. The molecule has 0 aliphatic carbocycles. The molecule has 134 valence electrons. The first-order valence-corrected chi connectivity index (χ1v) is 12.1. The van der Waals surface area contributed by atoms with Crippen LogP contribution in [0.2, 0.25) is 0 Å². The van der Waals surface area contributed by atoms with Gasteiger partial charge in [-0.15, -0.1) is 0 Å². The monoisotopic (exact) mass is 373 g/mol. The minimum Gasteiger partial charge on any atom is -0.301 e. The Labute approximate surface area is 156 Å². The van der Waals surface area contributed by atoms with E-state index in [-0.39, 0.29) is 11.1 Å². The number of piperidine rings is 1. The third-order valence-corrected chi connectivity index (χ3v) is 10.8. The fourth-order valence-corrected chi connectivity index (χ4v) is 9.59. The van der Waals surface area contributed by atoms with Crippen LogP contribution in [0.25, 0.3) is 0 Å². The van der Waals surface area contributed by atoms with Crippen molar-refractivity contribution in [3.8, 4) is 0 Å². The summed E-state index contributed by atoms with van der Waals surface area (Å²) in [5.74, 6) is 0. The van der Waals surface area contributed by atoms with E-state index in [0.29, 0.717) is 0 Å². The zero-order chi connectivity index (χ0) is 18.1. The van der Waals surface area contributed by atoms with Gasteiger partial charge < -0.3 is 4.57 Å². The van der Waals surface area contributed by atoms with Gasteiger partial charge in [0, 0.05) is 21.7 Å². The molecule has 1 aliphatic rings. The first kappa shape index (κ1) is 18.8. The molecule has 25 heavy (non-hydrogen) atoms. The van der Waals surface area contributed by atoms with Crippen molar-refractivity contribution in [2.75, 3.05) is 0 Å². The third kappa shape index (κ3) is 3.74. The number of hydrogen-bond donors (Lipinski definition) is 0. The summed E-state index contributed by atoms with van der Waals surface area (Å²) in [6.45, 7) is 9.12. The van der Waals surface area contributed by atoms with Crippen LogP contribution in [0.5, 0.6) is 0 Å². The van der Waals surface area contributed by atoms with E-state index < -0.39 is 6.34 Å². The largest absolute Gasteiger partial charge is 0.301 e. The lowest BCUT2D eigenvalue weighted by molar-refractivity contribution is 0.0692. The highest BCUT2D eigenvalue weighted by Gasteiger charge is 2.46. The molecule has 0 aromatic heterocycles. The Morgan fingerprint density at radius 3 is 1.60 bits per heavy atom. The molecule has 0 unspecified atom stereocenters. The fourth-order valence-electron chi connectivity index (χ4n) is 3.80. The summed E-state index contributed by atoms with van der Waals surface area (Å²) in [6.07, 6.45) is 0.674. The van der Waals surface area contributed by atoms with Gasteiger partial charge in [-0.05, 0) is 58.5 Å². The zero-order valence-electron chi connectivity index (χ0n) is 15.6. The van der Waals surface area contributed by atoms with Crippen molar-refractivity contribution in [2.45, 2.75) is 58.0 Å². The molecule has 2 aromatic carbocycles. The standard InChI is InChI=1S/C21H28NOPS/c1-20(2)16-11-17-21(3,4)22(20)25-24(23,18-12-7-5-8-13-18)19-14-9-6-10-15-19/h5-10,12-15H,11,16-17H2,1-4H3. The summed E-state index contributed by atoms with van der Waals surface area (Å²) < 4.78 is 16.8. The van der Waals surface area contributed by atoms with Gasteiger partial charge in [-0.3, -0.25) is 0 Å².